The molecule has 0 atom stereocenters. The second kappa shape index (κ2) is 11.1. The molecule has 4 aromatic rings. The molecule has 1 heterocycles. The quantitative estimate of drug-likeness (QED) is 0.263. The Hall–Kier alpha value is -4.58. The average molecular weight is 586 g/mol. The lowest BCUT2D eigenvalue weighted by atomic mass is 10.1. The van der Waals surface area contributed by atoms with Gasteiger partial charge in [-0.3, -0.25) is 14.6 Å². The summed E-state index contributed by atoms with van der Waals surface area (Å²) in [7, 11) is 1.31. The molecule has 0 unspecified atom stereocenters. The third kappa shape index (κ3) is 6.27. The number of anilines is 1. The molecule has 5 rings (SSSR count). The van der Waals surface area contributed by atoms with Gasteiger partial charge in [0.25, 0.3) is 5.91 Å². The van der Waals surface area contributed by atoms with Crippen LogP contribution in [0.2, 0.25) is 5.02 Å². The monoisotopic (exact) mass is 585 g/mol. The second-order valence-electron chi connectivity index (χ2n) is 9.41. The maximum atomic E-state index is 13.0. The standard InChI is InChI=1S/C28H23ClF3N5O4/c1-41-23-13-19(8-9-20(23)26(39)34-18-4-2-3-17(12-18)28(30,31)32)37-27(40)35-24(36-37)21-11-15(5-10-22(21)29)14-33-25(38)16-6-7-16/h2-5,8-13,16H,6-7,14H2,1H3,(H,33,38)(H,34,39)(H,35,36,40). The van der Waals surface area contributed by atoms with Gasteiger partial charge < -0.3 is 15.4 Å². The summed E-state index contributed by atoms with van der Waals surface area (Å²) in [5, 5.41) is 9.99. The summed E-state index contributed by atoms with van der Waals surface area (Å²) < 4.78 is 45.5. The van der Waals surface area contributed by atoms with Gasteiger partial charge >= 0.3 is 11.9 Å². The molecule has 0 radical (unpaired) electrons. The van der Waals surface area contributed by atoms with Crippen LogP contribution in [-0.4, -0.2) is 33.7 Å². The third-order valence-corrected chi connectivity index (χ3v) is 6.77. The molecule has 1 aliphatic rings. The van der Waals surface area contributed by atoms with E-state index in [0.29, 0.717) is 17.1 Å². The van der Waals surface area contributed by atoms with Crippen molar-refractivity contribution in [3.63, 3.8) is 0 Å². The molecule has 3 N–H and O–H groups in total. The lowest BCUT2D eigenvalue weighted by Gasteiger charge is -2.12. The fourth-order valence-electron chi connectivity index (χ4n) is 4.13. The van der Waals surface area contributed by atoms with Crippen LogP contribution < -0.4 is 21.1 Å². The van der Waals surface area contributed by atoms with Crippen molar-refractivity contribution in [2.45, 2.75) is 25.6 Å². The molecule has 212 valence electrons. The molecule has 3 aromatic carbocycles. The molecule has 1 aliphatic carbocycles. The summed E-state index contributed by atoms with van der Waals surface area (Å²) in [6.07, 6.45) is -2.78. The second-order valence-corrected chi connectivity index (χ2v) is 9.82. The van der Waals surface area contributed by atoms with Crippen molar-refractivity contribution in [2.24, 2.45) is 5.92 Å². The summed E-state index contributed by atoms with van der Waals surface area (Å²) in [4.78, 5) is 40.3. The largest absolute Gasteiger partial charge is 0.496 e. The van der Waals surface area contributed by atoms with E-state index in [-0.39, 0.29) is 40.3 Å². The number of H-pyrrole nitrogens is 1. The van der Waals surface area contributed by atoms with E-state index in [9.17, 15) is 27.6 Å². The highest BCUT2D eigenvalue weighted by Gasteiger charge is 2.31. The Bertz CT molecular complexity index is 1690. The van der Waals surface area contributed by atoms with Crippen molar-refractivity contribution in [2.75, 3.05) is 12.4 Å². The average Bonchev–Trinajstić information content (AvgIpc) is 3.73. The van der Waals surface area contributed by atoms with Gasteiger partial charge in [0.15, 0.2) is 5.82 Å². The summed E-state index contributed by atoms with van der Waals surface area (Å²) >= 11 is 6.38. The number of ether oxygens (including phenoxy) is 1. The van der Waals surface area contributed by atoms with Crippen LogP contribution >= 0.6 is 11.6 Å². The molecular formula is C28H23ClF3N5O4. The van der Waals surface area contributed by atoms with Crippen LogP contribution in [0.5, 0.6) is 5.75 Å². The highest BCUT2D eigenvalue weighted by molar-refractivity contribution is 6.33. The predicted octanol–water partition coefficient (Wildman–Crippen LogP) is 5.19. The molecule has 41 heavy (non-hydrogen) atoms. The van der Waals surface area contributed by atoms with E-state index < -0.39 is 23.3 Å². The van der Waals surface area contributed by atoms with Crippen LogP contribution in [0.4, 0.5) is 18.9 Å². The first-order chi connectivity index (χ1) is 19.5. The smallest absolute Gasteiger partial charge is 0.416 e. The van der Waals surface area contributed by atoms with E-state index in [1.165, 1.54) is 37.4 Å². The van der Waals surface area contributed by atoms with Gasteiger partial charge in [-0.25, -0.2) is 4.79 Å². The third-order valence-electron chi connectivity index (χ3n) is 6.44. The highest BCUT2D eigenvalue weighted by Crippen LogP contribution is 2.32. The minimum absolute atomic E-state index is 0.0000804. The Balaban J connectivity index is 1.38. The van der Waals surface area contributed by atoms with Gasteiger partial charge in [0.05, 0.1) is 28.9 Å². The number of halogens is 4. The van der Waals surface area contributed by atoms with Crippen molar-refractivity contribution in [3.05, 3.63) is 92.9 Å². The topological polar surface area (TPSA) is 118 Å². The fourth-order valence-corrected chi connectivity index (χ4v) is 4.34. The summed E-state index contributed by atoms with van der Waals surface area (Å²) in [5.74, 6) is -0.389. The van der Waals surface area contributed by atoms with E-state index in [1.807, 2.05) is 0 Å². The molecule has 0 aliphatic heterocycles. The number of aromatic nitrogens is 3. The van der Waals surface area contributed by atoms with Crippen LogP contribution in [0.15, 0.2) is 65.5 Å². The number of carbonyl (C=O) groups excluding carboxylic acids is 2. The van der Waals surface area contributed by atoms with Gasteiger partial charge in [0, 0.05) is 29.8 Å². The van der Waals surface area contributed by atoms with Gasteiger partial charge in [-0.05, 0) is 60.9 Å². The number of hydrogen-bond acceptors (Lipinski definition) is 5. The van der Waals surface area contributed by atoms with Crippen molar-refractivity contribution in [1.82, 2.24) is 20.1 Å². The number of nitrogens with one attached hydrogen (secondary N) is 3. The fraction of sp³-hybridized carbons (Fsp3) is 0.214. The Kier molecular flexibility index (Phi) is 7.59. The predicted molar refractivity (Wildman–Crippen MR) is 145 cm³/mol. The maximum Gasteiger partial charge on any atom is 0.416 e. The van der Waals surface area contributed by atoms with E-state index in [0.717, 1.165) is 35.2 Å². The van der Waals surface area contributed by atoms with Gasteiger partial charge in [0.1, 0.15) is 5.75 Å². The first-order valence-corrected chi connectivity index (χ1v) is 12.8. The van der Waals surface area contributed by atoms with E-state index in [4.69, 9.17) is 16.3 Å². The summed E-state index contributed by atoms with van der Waals surface area (Å²) in [5.41, 5.74) is -0.0335. The Labute approximate surface area is 236 Å². The van der Waals surface area contributed by atoms with Crippen LogP contribution in [0.3, 0.4) is 0 Å². The first kappa shape index (κ1) is 28.0. The Morgan fingerprint density at radius 1 is 1.12 bits per heavy atom. The molecule has 0 saturated heterocycles. The summed E-state index contributed by atoms with van der Waals surface area (Å²) in [6.45, 7) is 0.297. The number of amides is 2. The molecule has 1 aromatic heterocycles. The first-order valence-electron chi connectivity index (χ1n) is 12.5. The van der Waals surface area contributed by atoms with E-state index in [1.54, 1.807) is 18.2 Å². The number of aromatic amines is 1. The van der Waals surface area contributed by atoms with Crippen molar-refractivity contribution in [3.8, 4) is 22.8 Å². The van der Waals surface area contributed by atoms with Crippen molar-refractivity contribution < 1.29 is 27.5 Å². The number of rotatable bonds is 8. The van der Waals surface area contributed by atoms with Crippen LogP contribution in [-0.2, 0) is 17.5 Å². The number of alkyl halides is 3. The van der Waals surface area contributed by atoms with Gasteiger partial charge in [-0.2, -0.15) is 17.9 Å². The molecule has 9 nitrogen and oxygen atoms in total. The zero-order chi connectivity index (χ0) is 29.3. The van der Waals surface area contributed by atoms with Crippen molar-refractivity contribution in [1.29, 1.82) is 0 Å². The zero-order valence-corrected chi connectivity index (χ0v) is 22.3. The van der Waals surface area contributed by atoms with Gasteiger partial charge in [-0.1, -0.05) is 23.7 Å². The Morgan fingerprint density at radius 2 is 1.90 bits per heavy atom. The molecule has 1 saturated carbocycles. The van der Waals surface area contributed by atoms with E-state index >= 15 is 0 Å². The minimum atomic E-state index is -4.56. The van der Waals surface area contributed by atoms with Crippen molar-refractivity contribution >= 4 is 29.1 Å². The van der Waals surface area contributed by atoms with Gasteiger partial charge in [0.2, 0.25) is 5.91 Å². The van der Waals surface area contributed by atoms with Crippen LogP contribution in [0.1, 0.15) is 34.3 Å². The molecule has 0 bridgehead atoms. The number of benzene rings is 3. The normalized spacial score (nSPS) is 13.1. The lowest BCUT2D eigenvalue weighted by molar-refractivity contribution is -0.137. The molecule has 1 fully saturated rings. The molecule has 2 amide bonds. The maximum absolute atomic E-state index is 13.0. The molecule has 13 heteroatoms. The van der Waals surface area contributed by atoms with Crippen LogP contribution in [0.25, 0.3) is 17.1 Å². The lowest BCUT2D eigenvalue weighted by Crippen LogP contribution is -2.24. The minimum Gasteiger partial charge on any atom is -0.496 e. The SMILES string of the molecule is COc1cc(-n2nc(-c3cc(CNC(=O)C4CC4)ccc3Cl)[nH]c2=O)ccc1C(=O)Nc1cccc(C(F)(F)F)c1. The molecule has 0 spiro atoms. The number of nitrogens with zero attached hydrogens (tertiary/aromatic N) is 2. The zero-order valence-electron chi connectivity index (χ0n) is 21.5. The molecular weight excluding hydrogens is 563 g/mol. The number of carbonyl (C=O) groups is 2. The summed E-state index contributed by atoms with van der Waals surface area (Å²) in [6, 6.07) is 13.6. The number of methoxy groups -OCH3 is 1. The van der Waals surface area contributed by atoms with E-state index in [2.05, 4.69) is 20.7 Å². The Morgan fingerprint density at radius 3 is 2.61 bits per heavy atom. The highest BCUT2D eigenvalue weighted by atomic mass is 35.5. The number of hydrogen-bond donors (Lipinski definition) is 3. The van der Waals surface area contributed by atoms with Gasteiger partial charge in [-0.15, -0.1) is 5.10 Å². The van der Waals surface area contributed by atoms with Crippen LogP contribution in [0, 0.1) is 5.92 Å².